The zero-order valence-electron chi connectivity index (χ0n) is 15.8. The average Bonchev–Trinajstić information content (AvgIpc) is 3.15. The highest BCUT2D eigenvalue weighted by molar-refractivity contribution is 6.13. The Hall–Kier alpha value is -3.26. The van der Waals surface area contributed by atoms with Crippen LogP contribution in [0, 0.1) is 5.41 Å². The Morgan fingerprint density at radius 2 is 2.00 bits per heavy atom. The number of hydrogen-bond acceptors (Lipinski definition) is 7. The fourth-order valence-electron chi connectivity index (χ4n) is 3.40. The third-order valence-electron chi connectivity index (χ3n) is 5.06. The molecule has 5 N–H and O–H groups in total. The number of pyridine rings is 2. The maximum absolute atomic E-state index is 8.69. The molecule has 144 valence electrons. The van der Waals surface area contributed by atoms with Gasteiger partial charge in [-0.25, -0.2) is 4.98 Å². The minimum absolute atomic E-state index is 0.264. The molecule has 1 fully saturated rings. The summed E-state index contributed by atoms with van der Waals surface area (Å²) in [5, 5.41) is 12.9. The summed E-state index contributed by atoms with van der Waals surface area (Å²) in [4.78, 5) is 11.3. The lowest BCUT2D eigenvalue weighted by atomic mass is 10.0. The van der Waals surface area contributed by atoms with Crippen LogP contribution in [0.2, 0.25) is 0 Å². The van der Waals surface area contributed by atoms with E-state index in [-0.39, 0.29) is 11.8 Å². The maximum Gasteiger partial charge on any atom is 0.129 e. The quantitative estimate of drug-likeness (QED) is 0.597. The largest absolute Gasteiger partial charge is 0.397 e. The molecule has 8 heteroatoms. The van der Waals surface area contributed by atoms with Gasteiger partial charge in [0.25, 0.3) is 0 Å². The third kappa shape index (κ3) is 3.59. The number of rotatable bonds is 4. The molecule has 1 aliphatic heterocycles. The molecule has 0 amide bonds. The molecule has 0 spiro atoms. The van der Waals surface area contributed by atoms with E-state index in [2.05, 4.69) is 15.0 Å². The molecule has 8 nitrogen and oxygen atoms in total. The second-order valence-electron chi connectivity index (χ2n) is 7.14. The Bertz CT molecular complexity index is 1000. The molecule has 4 heterocycles. The van der Waals surface area contributed by atoms with Crippen LogP contribution in [0.15, 0.2) is 42.9 Å². The Morgan fingerprint density at radius 1 is 1.21 bits per heavy atom. The smallest absolute Gasteiger partial charge is 0.129 e. The lowest BCUT2D eigenvalue weighted by Gasteiger charge is -2.31. The standard InChI is InChI=1S/C20H24N8/c1-27-12-13(10-25-27)18-9-15(16(22)11-24-18)20(23)17-3-2-4-19(26-17)28-7-5-14(21)6-8-28/h2-4,9-12,14,23H,5-8,21-22H2,1H3. The highest BCUT2D eigenvalue weighted by atomic mass is 15.2. The van der Waals surface area contributed by atoms with Gasteiger partial charge < -0.3 is 16.4 Å². The molecule has 1 saturated heterocycles. The van der Waals surface area contributed by atoms with Crippen molar-refractivity contribution in [2.45, 2.75) is 18.9 Å². The summed E-state index contributed by atoms with van der Waals surface area (Å²) in [5.41, 5.74) is 15.7. The van der Waals surface area contributed by atoms with E-state index in [0.29, 0.717) is 16.9 Å². The monoisotopic (exact) mass is 376 g/mol. The highest BCUT2D eigenvalue weighted by Gasteiger charge is 2.19. The summed E-state index contributed by atoms with van der Waals surface area (Å²) in [6, 6.07) is 7.83. The predicted octanol–water partition coefficient (Wildman–Crippen LogP) is 1.80. The number of anilines is 2. The summed E-state index contributed by atoms with van der Waals surface area (Å²) in [5.74, 6) is 0.870. The molecule has 0 saturated carbocycles. The van der Waals surface area contributed by atoms with E-state index in [1.54, 1.807) is 17.1 Å². The van der Waals surface area contributed by atoms with Crippen LogP contribution >= 0.6 is 0 Å². The van der Waals surface area contributed by atoms with Crippen LogP contribution in [-0.2, 0) is 7.05 Å². The molecule has 1 aliphatic rings. The predicted molar refractivity (Wildman–Crippen MR) is 110 cm³/mol. The number of nitrogens with one attached hydrogen (secondary N) is 1. The maximum atomic E-state index is 8.69. The van der Waals surface area contributed by atoms with E-state index in [4.69, 9.17) is 21.9 Å². The zero-order valence-corrected chi connectivity index (χ0v) is 15.8. The van der Waals surface area contributed by atoms with Crippen LogP contribution in [-0.4, -0.2) is 44.6 Å². The van der Waals surface area contributed by atoms with Crippen LogP contribution in [0.5, 0.6) is 0 Å². The van der Waals surface area contributed by atoms with Crippen molar-refractivity contribution in [1.29, 1.82) is 5.41 Å². The first-order chi connectivity index (χ1) is 13.5. The molecule has 0 atom stereocenters. The van der Waals surface area contributed by atoms with Gasteiger partial charge in [-0.2, -0.15) is 5.10 Å². The number of nitrogen functional groups attached to an aromatic ring is 1. The van der Waals surface area contributed by atoms with Crippen molar-refractivity contribution in [2.75, 3.05) is 23.7 Å². The topological polar surface area (TPSA) is 123 Å². The Labute approximate surface area is 163 Å². The molecule has 28 heavy (non-hydrogen) atoms. The lowest BCUT2D eigenvalue weighted by Crippen LogP contribution is -2.40. The van der Waals surface area contributed by atoms with Crippen molar-refractivity contribution >= 4 is 17.2 Å². The van der Waals surface area contributed by atoms with Crippen molar-refractivity contribution in [1.82, 2.24) is 19.7 Å². The van der Waals surface area contributed by atoms with Gasteiger partial charge in [0.15, 0.2) is 0 Å². The van der Waals surface area contributed by atoms with Crippen LogP contribution in [0.25, 0.3) is 11.3 Å². The molecule has 0 aromatic carbocycles. The van der Waals surface area contributed by atoms with E-state index in [1.165, 1.54) is 0 Å². The first-order valence-corrected chi connectivity index (χ1v) is 9.32. The molecular formula is C20H24N8. The molecular weight excluding hydrogens is 352 g/mol. The van der Waals surface area contributed by atoms with Crippen molar-refractivity contribution in [3.63, 3.8) is 0 Å². The summed E-state index contributed by atoms with van der Waals surface area (Å²) < 4.78 is 1.72. The summed E-state index contributed by atoms with van der Waals surface area (Å²) in [6.45, 7) is 1.76. The molecule has 3 aromatic rings. The van der Waals surface area contributed by atoms with Gasteiger partial charge in [0.2, 0.25) is 0 Å². The van der Waals surface area contributed by atoms with E-state index < -0.39 is 0 Å². The number of piperidine rings is 1. The number of nitrogens with zero attached hydrogens (tertiary/aromatic N) is 5. The van der Waals surface area contributed by atoms with Crippen LogP contribution < -0.4 is 16.4 Å². The van der Waals surface area contributed by atoms with Gasteiger partial charge in [0.1, 0.15) is 5.82 Å². The van der Waals surface area contributed by atoms with Crippen molar-refractivity contribution in [3.8, 4) is 11.3 Å². The van der Waals surface area contributed by atoms with Gasteiger partial charge in [-0.1, -0.05) is 6.07 Å². The van der Waals surface area contributed by atoms with Crippen LogP contribution in [0.4, 0.5) is 11.5 Å². The first-order valence-electron chi connectivity index (χ1n) is 9.32. The molecule has 3 aromatic heterocycles. The second-order valence-corrected chi connectivity index (χ2v) is 7.14. The second kappa shape index (κ2) is 7.40. The van der Waals surface area contributed by atoms with Crippen LogP contribution in [0.1, 0.15) is 24.1 Å². The average molecular weight is 376 g/mol. The van der Waals surface area contributed by atoms with E-state index >= 15 is 0 Å². The van der Waals surface area contributed by atoms with Gasteiger partial charge in [0, 0.05) is 43.5 Å². The normalized spacial score (nSPS) is 15.0. The fraction of sp³-hybridized carbons (Fsp3) is 0.300. The minimum Gasteiger partial charge on any atom is -0.397 e. The van der Waals surface area contributed by atoms with Gasteiger partial charge in [-0.05, 0) is 31.0 Å². The lowest BCUT2D eigenvalue weighted by molar-refractivity contribution is 0.498. The number of nitrogens with two attached hydrogens (primary N) is 2. The fourth-order valence-corrected chi connectivity index (χ4v) is 3.40. The molecule has 4 rings (SSSR count). The summed E-state index contributed by atoms with van der Waals surface area (Å²) in [6.07, 6.45) is 7.12. The van der Waals surface area contributed by atoms with Gasteiger partial charge in [0.05, 0.1) is 35.2 Å². The molecule has 0 radical (unpaired) electrons. The van der Waals surface area contributed by atoms with E-state index in [9.17, 15) is 0 Å². The van der Waals surface area contributed by atoms with E-state index in [1.807, 2.05) is 37.5 Å². The van der Waals surface area contributed by atoms with Crippen molar-refractivity contribution in [2.24, 2.45) is 12.8 Å². The SMILES string of the molecule is Cn1cc(-c2cc(C(=N)c3cccc(N4CCC(N)CC4)n3)c(N)cn2)cn1. The zero-order chi connectivity index (χ0) is 19.7. The van der Waals surface area contributed by atoms with Gasteiger partial charge >= 0.3 is 0 Å². The Kier molecular flexibility index (Phi) is 4.79. The minimum atomic E-state index is 0.264. The summed E-state index contributed by atoms with van der Waals surface area (Å²) in [7, 11) is 1.85. The molecule has 0 aliphatic carbocycles. The van der Waals surface area contributed by atoms with Crippen LogP contribution in [0.3, 0.4) is 0 Å². The molecule has 0 bridgehead atoms. The van der Waals surface area contributed by atoms with Crippen molar-refractivity contribution < 1.29 is 0 Å². The van der Waals surface area contributed by atoms with Gasteiger partial charge in [-0.3, -0.25) is 15.1 Å². The summed E-state index contributed by atoms with van der Waals surface area (Å²) >= 11 is 0. The third-order valence-corrected chi connectivity index (χ3v) is 5.06. The van der Waals surface area contributed by atoms with Crippen molar-refractivity contribution in [3.05, 3.63) is 54.1 Å². The first kappa shape index (κ1) is 18.1. The number of aromatic nitrogens is 4. The Balaban J connectivity index is 1.63. The highest BCUT2D eigenvalue weighted by Crippen LogP contribution is 2.24. The number of hydrogen-bond donors (Lipinski definition) is 3. The van der Waals surface area contributed by atoms with E-state index in [0.717, 1.165) is 43.0 Å². The Morgan fingerprint density at radius 3 is 2.71 bits per heavy atom. The molecule has 0 unspecified atom stereocenters. The van der Waals surface area contributed by atoms with Gasteiger partial charge in [-0.15, -0.1) is 0 Å². The number of aryl methyl sites for hydroxylation is 1.